The van der Waals surface area contributed by atoms with E-state index < -0.39 is 0 Å². The van der Waals surface area contributed by atoms with E-state index in [0.717, 1.165) is 31.6 Å². The Morgan fingerprint density at radius 2 is 2.10 bits per heavy atom. The zero-order chi connectivity index (χ0) is 14.5. The van der Waals surface area contributed by atoms with Crippen molar-refractivity contribution < 1.29 is 4.52 Å². The Morgan fingerprint density at radius 1 is 1.24 bits per heavy atom. The van der Waals surface area contributed by atoms with Crippen LogP contribution in [0.2, 0.25) is 0 Å². The second-order valence-electron chi connectivity index (χ2n) is 5.58. The van der Waals surface area contributed by atoms with Gasteiger partial charge in [0.15, 0.2) is 0 Å². The maximum Gasteiger partial charge on any atom is 0.241 e. The molecular formula is C16H22N4O. The Balaban J connectivity index is 1.69. The smallest absolute Gasteiger partial charge is 0.241 e. The van der Waals surface area contributed by atoms with Crippen molar-refractivity contribution in [2.75, 3.05) is 13.1 Å². The van der Waals surface area contributed by atoms with Crippen molar-refractivity contribution in [2.45, 2.75) is 38.3 Å². The largest absolute Gasteiger partial charge is 0.338 e. The molecule has 1 fully saturated rings. The average Bonchev–Trinajstić information content (AvgIpc) is 2.99. The molecule has 1 aliphatic rings. The summed E-state index contributed by atoms with van der Waals surface area (Å²) < 4.78 is 5.41. The van der Waals surface area contributed by atoms with Crippen LogP contribution >= 0.6 is 0 Å². The molecule has 5 nitrogen and oxygen atoms in total. The highest BCUT2D eigenvalue weighted by Crippen LogP contribution is 2.22. The summed E-state index contributed by atoms with van der Waals surface area (Å²) in [5, 5.41) is 4.09. The van der Waals surface area contributed by atoms with Gasteiger partial charge in [0.1, 0.15) is 0 Å². The number of hydrogen-bond acceptors (Lipinski definition) is 5. The van der Waals surface area contributed by atoms with Gasteiger partial charge in [0, 0.05) is 11.6 Å². The zero-order valence-electron chi connectivity index (χ0n) is 12.2. The third-order valence-electron chi connectivity index (χ3n) is 4.09. The summed E-state index contributed by atoms with van der Waals surface area (Å²) in [6.07, 6.45) is 4.79. The van der Waals surface area contributed by atoms with Gasteiger partial charge in [-0.1, -0.05) is 41.9 Å². The van der Waals surface area contributed by atoms with Crippen molar-refractivity contribution in [3.05, 3.63) is 36.2 Å². The Bertz CT molecular complexity index is 552. The first-order valence-electron chi connectivity index (χ1n) is 7.69. The van der Waals surface area contributed by atoms with Gasteiger partial charge in [0.2, 0.25) is 11.7 Å². The van der Waals surface area contributed by atoms with Crippen molar-refractivity contribution in [3.63, 3.8) is 0 Å². The minimum atomic E-state index is 0.552. The number of benzene rings is 1. The molecule has 2 N–H and O–H groups in total. The van der Waals surface area contributed by atoms with Crippen molar-refractivity contribution in [1.29, 1.82) is 0 Å². The van der Waals surface area contributed by atoms with Crippen LogP contribution in [0.25, 0.3) is 11.4 Å². The molecule has 0 amide bonds. The predicted molar refractivity (Wildman–Crippen MR) is 81.5 cm³/mol. The highest BCUT2D eigenvalue weighted by Gasteiger charge is 2.23. The standard InChI is InChI=1S/C16H22N4O/c17-10-9-14-8-4-5-11-20(14)12-15-18-16(19-21-15)13-6-2-1-3-7-13/h1-3,6-7,14H,4-5,8-12,17H2. The van der Waals surface area contributed by atoms with E-state index in [1.165, 1.54) is 19.3 Å². The van der Waals surface area contributed by atoms with Crippen molar-refractivity contribution >= 4 is 0 Å². The molecule has 0 bridgehead atoms. The average molecular weight is 286 g/mol. The van der Waals surface area contributed by atoms with E-state index in [4.69, 9.17) is 10.3 Å². The van der Waals surface area contributed by atoms with Crippen LogP contribution in [0.1, 0.15) is 31.6 Å². The first-order valence-corrected chi connectivity index (χ1v) is 7.69. The molecule has 0 spiro atoms. The summed E-state index contributed by atoms with van der Waals surface area (Å²) in [5.74, 6) is 1.36. The fourth-order valence-electron chi connectivity index (χ4n) is 2.98. The number of likely N-dealkylation sites (tertiary alicyclic amines) is 1. The van der Waals surface area contributed by atoms with Crippen LogP contribution in [0.5, 0.6) is 0 Å². The van der Waals surface area contributed by atoms with Gasteiger partial charge in [-0.3, -0.25) is 4.90 Å². The van der Waals surface area contributed by atoms with E-state index in [1.54, 1.807) is 0 Å². The van der Waals surface area contributed by atoms with E-state index >= 15 is 0 Å². The molecule has 2 heterocycles. The van der Waals surface area contributed by atoms with Crippen LogP contribution in [0, 0.1) is 0 Å². The fraction of sp³-hybridized carbons (Fsp3) is 0.500. The zero-order valence-corrected chi connectivity index (χ0v) is 12.2. The number of nitrogens with zero attached hydrogens (tertiary/aromatic N) is 3. The van der Waals surface area contributed by atoms with Crippen molar-refractivity contribution in [3.8, 4) is 11.4 Å². The molecule has 1 saturated heterocycles. The Morgan fingerprint density at radius 3 is 2.90 bits per heavy atom. The van der Waals surface area contributed by atoms with Gasteiger partial charge in [-0.05, 0) is 32.4 Å². The quantitative estimate of drug-likeness (QED) is 0.914. The molecule has 5 heteroatoms. The van der Waals surface area contributed by atoms with Crippen LogP contribution in [0.4, 0.5) is 0 Å². The molecule has 1 aromatic heterocycles. The molecule has 1 aliphatic heterocycles. The molecule has 0 aliphatic carbocycles. The lowest BCUT2D eigenvalue weighted by Gasteiger charge is -2.34. The highest BCUT2D eigenvalue weighted by molar-refractivity contribution is 5.53. The molecule has 1 atom stereocenters. The van der Waals surface area contributed by atoms with Crippen LogP contribution in [-0.2, 0) is 6.54 Å². The maximum absolute atomic E-state index is 5.72. The Kier molecular flexibility index (Phi) is 4.62. The van der Waals surface area contributed by atoms with E-state index in [2.05, 4.69) is 15.0 Å². The molecule has 1 aromatic carbocycles. The Labute approximate surface area is 125 Å². The van der Waals surface area contributed by atoms with E-state index in [1.807, 2.05) is 30.3 Å². The van der Waals surface area contributed by atoms with Gasteiger partial charge in [-0.25, -0.2) is 0 Å². The monoisotopic (exact) mass is 286 g/mol. The van der Waals surface area contributed by atoms with Crippen LogP contribution < -0.4 is 5.73 Å². The van der Waals surface area contributed by atoms with Crippen LogP contribution in [0.3, 0.4) is 0 Å². The van der Waals surface area contributed by atoms with Gasteiger partial charge >= 0.3 is 0 Å². The molecule has 3 rings (SSSR count). The summed E-state index contributed by atoms with van der Waals surface area (Å²) in [6, 6.07) is 10.5. The van der Waals surface area contributed by atoms with E-state index in [-0.39, 0.29) is 0 Å². The molecular weight excluding hydrogens is 264 g/mol. The lowest BCUT2D eigenvalue weighted by Crippen LogP contribution is -2.40. The summed E-state index contributed by atoms with van der Waals surface area (Å²) in [6.45, 7) is 2.55. The molecule has 0 saturated carbocycles. The van der Waals surface area contributed by atoms with Crippen LogP contribution in [0.15, 0.2) is 34.9 Å². The molecule has 112 valence electrons. The number of hydrogen-bond donors (Lipinski definition) is 1. The van der Waals surface area contributed by atoms with Gasteiger partial charge < -0.3 is 10.3 Å². The first kappa shape index (κ1) is 14.2. The molecule has 1 unspecified atom stereocenters. The number of aromatic nitrogens is 2. The van der Waals surface area contributed by atoms with Gasteiger partial charge in [0.05, 0.1) is 6.54 Å². The summed E-state index contributed by atoms with van der Waals surface area (Å²) >= 11 is 0. The highest BCUT2D eigenvalue weighted by atomic mass is 16.5. The normalized spacial score (nSPS) is 19.8. The SMILES string of the molecule is NCCC1CCCCN1Cc1nc(-c2ccccc2)no1. The van der Waals surface area contributed by atoms with Crippen molar-refractivity contribution in [1.82, 2.24) is 15.0 Å². The predicted octanol–water partition coefficient (Wildman–Crippen LogP) is 2.44. The third-order valence-corrected chi connectivity index (χ3v) is 4.09. The van der Waals surface area contributed by atoms with Crippen LogP contribution in [-0.4, -0.2) is 34.2 Å². The summed E-state index contributed by atoms with van der Waals surface area (Å²) in [4.78, 5) is 6.95. The second kappa shape index (κ2) is 6.83. The molecule has 0 radical (unpaired) electrons. The third kappa shape index (κ3) is 3.49. The summed E-state index contributed by atoms with van der Waals surface area (Å²) in [7, 11) is 0. The van der Waals surface area contributed by atoms with E-state index in [9.17, 15) is 0 Å². The lowest BCUT2D eigenvalue weighted by atomic mass is 9.99. The first-order chi connectivity index (χ1) is 10.4. The lowest BCUT2D eigenvalue weighted by molar-refractivity contribution is 0.118. The molecule has 21 heavy (non-hydrogen) atoms. The fourth-order valence-corrected chi connectivity index (χ4v) is 2.98. The Hall–Kier alpha value is -1.72. The topological polar surface area (TPSA) is 68.2 Å². The van der Waals surface area contributed by atoms with Crippen molar-refractivity contribution in [2.24, 2.45) is 5.73 Å². The van der Waals surface area contributed by atoms with E-state index in [0.29, 0.717) is 17.8 Å². The minimum Gasteiger partial charge on any atom is -0.338 e. The number of piperidine rings is 1. The minimum absolute atomic E-state index is 0.552. The second-order valence-corrected chi connectivity index (χ2v) is 5.58. The number of nitrogens with two attached hydrogens (primary N) is 1. The maximum atomic E-state index is 5.72. The number of rotatable bonds is 5. The van der Waals surface area contributed by atoms with Gasteiger partial charge in [-0.15, -0.1) is 0 Å². The molecule has 2 aromatic rings. The summed E-state index contributed by atoms with van der Waals surface area (Å²) in [5.41, 5.74) is 6.71. The van der Waals surface area contributed by atoms with Gasteiger partial charge in [-0.2, -0.15) is 4.98 Å². The van der Waals surface area contributed by atoms with Gasteiger partial charge in [0.25, 0.3) is 0 Å².